The second kappa shape index (κ2) is 6.14. The quantitative estimate of drug-likeness (QED) is 0.600. The van der Waals surface area contributed by atoms with E-state index in [0.29, 0.717) is 18.7 Å². The molecule has 0 aliphatic heterocycles. The largest absolute Gasteiger partial charge is 0.358 e. The highest BCUT2D eigenvalue weighted by Crippen LogP contribution is 1.97. The molecule has 3 N–H and O–H groups in total. The van der Waals surface area contributed by atoms with E-state index in [4.69, 9.17) is 5.73 Å². The van der Waals surface area contributed by atoms with Gasteiger partial charge in [0.1, 0.15) is 5.25 Å². The predicted octanol–water partition coefficient (Wildman–Crippen LogP) is -0.782. The molecule has 12 heavy (non-hydrogen) atoms. The lowest BCUT2D eigenvalue weighted by Crippen LogP contribution is -2.34. The second-order valence-electron chi connectivity index (χ2n) is 2.48. The molecule has 4 nitrogen and oxygen atoms in total. The van der Waals surface area contributed by atoms with Crippen LogP contribution in [-0.2, 0) is 15.6 Å². The third kappa shape index (κ3) is 3.82. The Labute approximate surface area is 75.4 Å². The van der Waals surface area contributed by atoms with Crippen LogP contribution in [0.2, 0.25) is 0 Å². The average Bonchev–Trinajstić information content (AvgIpc) is 2.11. The SMILES string of the molecule is CNC(=O)C(C)S(=O)CCCN. The zero-order valence-corrected chi connectivity index (χ0v) is 8.32. The summed E-state index contributed by atoms with van der Waals surface area (Å²) in [5.41, 5.74) is 5.25. The molecule has 0 saturated carbocycles. The number of hydrogen-bond acceptors (Lipinski definition) is 3. The molecular formula is C7H16N2O2S. The fourth-order valence-corrected chi connectivity index (χ4v) is 1.89. The summed E-state index contributed by atoms with van der Waals surface area (Å²) in [6.07, 6.45) is 0.702. The Bertz CT molecular complexity index is 173. The van der Waals surface area contributed by atoms with E-state index < -0.39 is 16.0 Å². The Balaban J connectivity index is 3.84. The summed E-state index contributed by atoms with van der Waals surface area (Å²) in [6.45, 7) is 2.18. The second-order valence-corrected chi connectivity index (χ2v) is 4.36. The Morgan fingerprint density at radius 2 is 2.25 bits per heavy atom. The van der Waals surface area contributed by atoms with E-state index in [9.17, 15) is 9.00 Å². The van der Waals surface area contributed by atoms with Crippen molar-refractivity contribution in [2.45, 2.75) is 18.6 Å². The molecule has 1 amide bonds. The zero-order valence-electron chi connectivity index (χ0n) is 7.50. The van der Waals surface area contributed by atoms with Gasteiger partial charge in [0.05, 0.1) is 0 Å². The van der Waals surface area contributed by atoms with E-state index in [1.807, 2.05) is 0 Å². The standard InChI is InChI=1S/C7H16N2O2S/c1-6(7(10)9-2)12(11)5-3-4-8/h6H,3-5,8H2,1-2H3,(H,9,10). The molecule has 0 fully saturated rings. The number of amides is 1. The lowest BCUT2D eigenvalue weighted by molar-refractivity contribution is -0.119. The van der Waals surface area contributed by atoms with E-state index in [0.717, 1.165) is 0 Å². The van der Waals surface area contributed by atoms with E-state index in [-0.39, 0.29) is 5.91 Å². The van der Waals surface area contributed by atoms with Crippen LogP contribution in [0, 0.1) is 0 Å². The molecule has 5 heteroatoms. The molecule has 2 atom stereocenters. The third-order valence-electron chi connectivity index (χ3n) is 1.56. The summed E-state index contributed by atoms with van der Waals surface area (Å²) in [6, 6.07) is 0. The molecule has 0 bridgehead atoms. The van der Waals surface area contributed by atoms with Gasteiger partial charge in [0.2, 0.25) is 5.91 Å². The first-order chi connectivity index (χ1) is 5.63. The Morgan fingerprint density at radius 3 is 2.67 bits per heavy atom. The molecule has 0 aromatic heterocycles. The van der Waals surface area contributed by atoms with Gasteiger partial charge >= 0.3 is 0 Å². The first-order valence-electron chi connectivity index (χ1n) is 3.92. The summed E-state index contributed by atoms with van der Waals surface area (Å²) < 4.78 is 11.3. The van der Waals surface area contributed by atoms with Crippen molar-refractivity contribution in [2.75, 3.05) is 19.3 Å². The van der Waals surface area contributed by atoms with Crippen molar-refractivity contribution in [3.8, 4) is 0 Å². The number of carbonyl (C=O) groups excluding carboxylic acids is 1. The molecule has 0 aromatic carbocycles. The van der Waals surface area contributed by atoms with Crippen LogP contribution in [0.1, 0.15) is 13.3 Å². The van der Waals surface area contributed by atoms with Crippen LogP contribution in [0.5, 0.6) is 0 Å². The normalized spacial score (nSPS) is 15.2. The Kier molecular flexibility index (Phi) is 5.92. The first kappa shape index (κ1) is 11.6. The number of hydrogen-bond donors (Lipinski definition) is 2. The molecular weight excluding hydrogens is 176 g/mol. The van der Waals surface area contributed by atoms with Crippen molar-refractivity contribution in [1.29, 1.82) is 0 Å². The maximum absolute atomic E-state index is 11.3. The molecule has 0 saturated heterocycles. The maximum atomic E-state index is 11.3. The van der Waals surface area contributed by atoms with Gasteiger partial charge in [-0.05, 0) is 19.9 Å². The van der Waals surface area contributed by atoms with Crippen LogP contribution in [0.25, 0.3) is 0 Å². The fourth-order valence-electron chi connectivity index (χ4n) is 0.725. The molecule has 0 rings (SSSR count). The number of nitrogens with one attached hydrogen (secondary N) is 1. The van der Waals surface area contributed by atoms with Gasteiger partial charge in [-0.1, -0.05) is 0 Å². The van der Waals surface area contributed by atoms with E-state index in [1.165, 1.54) is 0 Å². The Morgan fingerprint density at radius 1 is 1.67 bits per heavy atom. The van der Waals surface area contributed by atoms with E-state index in [1.54, 1.807) is 14.0 Å². The monoisotopic (exact) mass is 192 g/mol. The first-order valence-corrected chi connectivity index (χ1v) is 5.30. The highest BCUT2D eigenvalue weighted by atomic mass is 32.2. The van der Waals surface area contributed by atoms with Crippen molar-refractivity contribution in [1.82, 2.24) is 5.32 Å². The van der Waals surface area contributed by atoms with Crippen molar-refractivity contribution in [3.63, 3.8) is 0 Å². The fraction of sp³-hybridized carbons (Fsp3) is 0.857. The van der Waals surface area contributed by atoms with Gasteiger partial charge in [0, 0.05) is 23.6 Å². The van der Waals surface area contributed by atoms with Crippen molar-refractivity contribution in [3.05, 3.63) is 0 Å². The molecule has 0 radical (unpaired) electrons. The van der Waals surface area contributed by atoms with E-state index in [2.05, 4.69) is 5.32 Å². The molecule has 0 aliphatic rings. The van der Waals surface area contributed by atoms with Gasteiger partial charge in [-0.25, -0.2) is 0 Å². The van der Waals surface area contributed by atoms with E-state index >= 15 is 0 Å². The summed E-state index contributed by atoms with van der Waals surface area (Å²) in [4.78, 5) is 11.0. The van der Waals surface area contributed by atoms with Gasteiger partial charge in [-0.3, -0.25) is 9.00 Å². The molecule has 72 valence electrons. The van der Waals surface area contributed by atoms with Gasteiger partial charge in [-0.15, -0.1) is 0 Å². The third-order valence-corrected chi connectivity index (χ3v) is 3.25. The van der Waals surface area contributed by atoms with Gasteiger partial charge in [-0.2, -0.15) is 0 Å². The number of nitrogens with two attached hydrogens (primary N) is 1. The summed E-state index contributed by atoms with van der Waals surface area (Å²) >= 11 is 0. The van der Waals surface area contributed by atoms with Crippen LogP contribution in [0.3, 0.4) is 0 Å². The molecule has 0 spiro atoms. The van der Waals surface area contributed by atoms with Crippen molar-refractivity contribution >= 4 is 16.7 Å². The van der Waals surface area contributed by atoms with Crippen LogP contribution in [-0.4, -0.2) is 34.7 Å². The molecule has 0 heterocycles. The minimum absolute atomic E-state index is 0.176. The zero-order chi connectivity index (χ0) is 9.56. The number of carbonyl (C=O) groups is 1. The molecule has 0 aliphatic carbocycles. The summed E-state index contributed by atoms with van der Waals surface area (Å²) in [7, 11) is 0.454. The summed E-state index contributed by atoms with van der Waals surface area (Å²) in [5.74, 6) is 0.329. The molecule has 0 aromatic rings. The van der Waals surface area contributed by atoms with Crippen LogP contribution >= 0.6 is 0 Å². The highest BCUT2D eigenvalue weighted by Gasteiger charge is 2.17. The van der Waals surface area contributed by atoms with Gasteiger partial charge in [0.25, 0.3) is 0 Å². The van der Waals surface area contributed by atoms with Crippen LogP contribution in [0.4, 0.5) is 0 Å². The lowest BCUT2D eigenvalue weighted by atomic mass is 10.4. The topological polar surface area (TPSA) is 72.2 Å². The van der Waals surface area contributed by atoms with Crippen molar-refractivity contribution in [2.24, 2.45) is 5.73 Å². The van der Waals surface area contributed by atoms with Crippen LogP contribution in [0.15, 0.2) is 0 Å². The maximum Gasteiger partial charge on any atom is 0.235 e. The van der Waals surface area contributed by atoms with Crippen LogP contribution < -0.4 is 11.1 Å². The van der Waals surface area contributed by atoms with Crippen molar-refractivity contribution < 1.29 is 9.00 Å². The smallest absolute Gasteiger partial charge is 0.235 e. The minimum Gasteiger partial charge on any atom is -0.358 e. The average molecular weight is 192 g/mol. The Hall–Kier alpha value is -0.420. The van der Waals surface area contributed by atoms with Gasteiger partial charge in [0.15, 0.2) is 0 Å². The number of rotatable bonds is 5. The minimum atomic E-state index is -1.09. The predicted molar refractivity (Wildman–Crippen MR) is 50.2 cm³/mol. The van der Waals surface area contributed by atoms with Gasteiger partial charge < -0.3 is 11.1 Å². The summed E-state index contributed by atoms with van der Waals surface area (Å²) in [5, 5.41) is 2.03. The molecule has 2 unspecified atom stereocenters. The highest BCUT2D eigenvalue weighted by molar-refractivity contribution is 7.86. The lowest BCUT2D eigenvalue weighted by Gasteiger charge is -2.08.